The molecule has 0 aliphatic heterocycles. The van der Waals surface area contributed by atoms with E-state index in [9.17, 15) is 4.79 Å². The van der Waals surface area contributed by atoms with E-state index < -0.39 is 0 Å². The molecule has 2 aromatic carbocycles. The first-order valence-electron chi connectivity index (χ1n) is 10.1. The van der Waals surface area contributed by atoms with Crippen LogP contribution in [0.4, 0.5) is 0 Å². The van der Waals surface area contributed by atoms with E-state index in [2.05, 4.69) is 58.9 Å². The number of nitrogens with zero attached hydrogens (tertiary/aromatic N) is 2. The first kappa shape index (κ1) is 19.9. The summed E-state index contributed by atoms with van der Waals surface area (Å²) in [5.74, 6) is 0.173. The SMILES string of the molecule is CC1(C)CC(=O)c2c(nn(-c3ccc(Cl)cc3)c2-c2ccc(C(C)(C)C)cc2)C1. The molecule has 0 N–H and O–H groups in total. The Bertz CT molecular complexity index is 1070. The number of carbonyl (C=O) groups is 1. The molecule has 0 saturated carbocycles. The Morgan fingerprint density at radius 3 is 2.17 bits per heavy atom. The van der Waals surface area contributed by atoms with Crippen LogP contribution >= 0.6 is 11.6 Å². The minimum absolute atomic E-state index is 0.0728. The zero-order chi connectivity index (χ0) is 21.0. The molecule has 0 bridgehead atoms. The predicted molar refractivity (Wildman–Crippen MR) is 119 cm³/mol. The van der Waals surface area contributed by atoms with Crippen LogP contribution in [0.1, 0.15) is 62.7 Å². The topological polar surface area (TPSA) is 34.9 Å². The lowest BCUT2D eigenvalue weighted by Crippen LogP contribution is -2.26. The van der Waals surface area contributed by atoms with Gasteiger partial charge in [-0.05, 0) is 47.1 Å². The molecule has 0 spiro atoms. The Morgan fingerprint density at radius 1 is 0.966 bits per heavy atom. The minimum Gasteiger partial charge on any atom is -0.294 e. The molecule has 0 fully saturated rings. The lowest BCUT2D eigenvalue weighted by atomic mass is 9.75. The van der Waals surface area contributed by atoms with Gasteiger partial charge in [-0.1, -0.05) is 70.5 Å². The summed E-state index contributed by atoms with van der Waals surface area (Å²) in [5.41, 5.74) is 5.71. The second kappa shape index (κ2) is 6.84. The lowest BCUT2D eigenvalue weighted by Gasteiger charge is -2.27. The standard InChI is InChI=1S/C25H27ClN2O/c1-24(2,3)17-8-6-16(7-9-17)23-22-20(14-25(4,5)15-21(22)29)27-28(23)19-12-10-18(26)11-13-19/h6-13H,14-15H2,1-5H3. The van der Waals surface area contributed by atoms with Crippen LogP contribution in [0.25, 0.3) is 16.9 Å². The molecule has 4 rings (SSSR count). The third-order valence-corrected chi connectivity index (χ3v) is 5.87. The van der Waals surface area contributed by atoms with Gasteiger partial charge in [0, 0.05) is 17.0 Å². The fraction of sp³-hybridized carbons (Fsp3) is 0.360. The van der Waals surface area contributed by atoms with Crippen molar-refractivity contribution < 1.29 is 4.79 Å². The van der Waals surface area contributed by atoms with Gasteiger partial charge in [-0.2, -0.15) is 5.10 Å². The molecule has 150 valence electrons. The third kappa shape index (κ3) is 3.76. The molecule has 3 aromatic rings. The molecular formula is C25H27ClN2O. The Morgan fingerprint density at radius 2 is 1.59 bits per heavy atom. The number of Topliss-reactive ketones (excluding diaryl/α,β-unsaturated/α-hetero) is 1. The average molecular weight is 407 g/mol. The van der Waals surface area contributed by atoms with E-state index >= 15 is 0 Å². The number of rotatable bonds is 2. The molecule has 3 nitrogen and oxygen atoms in total. The summed E-state index contributed by atoms with van der Waals surface area (Å²) in [6, 6.07) is 16.1. The molecule has 1 aliphatic rings. The van der Waals surface area contributed by atoms with Crippen molar-refractivity contribution in [3.63, 3.8) is 0 Å². The minimum atomic E-state index is -0.0728. The quantitative estimate of drug-likeness (QED) is 0.477. The summed E-state index contributed by atoms with van der Waals surface area (Å²) < 4.78 is 1.91. The molecule has 1 heterocycles. The van der Waals surface area contributed by atoms with Gasteiger partial charge in [0.15, 0.2) is 5.78 Å². The number of carbonyl (C=O) groups excluding carboxylic acids is 1. The van der Waals surface area contributed by atoms with Gasteiger partial charge < -0.3 is 0 Å². The summed E-state index contributed by atoms with van der Waals surface area (Å²) in [5, 5.41) is 5.58. The van der Waals surface area contributed by atoms with E-state index in [-0.39, 0.29) is 16.6 Å². The number of benzene rings is 2. The normalized spacial score (nSPS) is 16.0. The number of hydrogen-bond acceptors (Lipinski definition) is 2. The molecule has 1 aromatic heterocycles. The van der Waals surface area contributed by atoms with Gasteiger partial charge in [0.2, 0.25) is 0 Å². The van der Waals surface area contributed by atoms with Crippen molar-refractivity contribution in [2.45, 2.75) is 52.9 Å². The number of aromatic nitrogens is 2. The Balaban J connectivity index is 1.93. The maximum atomic E-state index is 13.1. The van der Waals surface area contributed by atoms with Crippen LogP contribution < -0.4 is 0 Å². The Kier molecular flexibility index (Phi) is 4.70. The van der Waals surface area contributed by atoms with Gasteiger partial charge in [-0.15, -0.1) is 0 Å². The van der Waals surface area contributed by atoms with Crippen molar-refractivity contribution in [2.75, 3.05) is 0 Å². The second-order valence-electron chi connectivity index (χ2n) is 9.83. The summed E-state index contributed by atoms with van der Waals surface area (Å²) in [6.45, 7) is 10.9. The van der Waals surface area contributed by atoms with Crippen LogP contribution in [0.15, 0.2) is 48.5 Å². The summed E-state index contributed by atoms with van der Waals surface area (Å²) in [4.78, 5) is 13.1. The van der Waals surface area contributed by atoms with Crippen molar-refractivity contribution >= 4 is 17.4 Å². The second-order valence-corrected chi connectivity index (χ2v) is 10.3. The average Bonchev–Trinajstić information content (AvgIpc) is 3.00. The van der Waals surface area contributed by atoms with Gasteiger partial charge >= 0.3 is 0 Å². The molecule has 0 saturated heterocycles. The molecule has 0 amide bonds. The van der Waals surface area contributed by atoms with Gasteiger partial charge in [0.1, 0.15) is 0 Å². The summed E-state index contributed by atoms with van der Waals surface area (Å²) >= 11 is 6.09. The largest absolute Gasteiger partial charge is 0.294 e. The van der Waals surface area contributed by atoms with Gasteiger partial charge in [0.05, 0.1) is 22.6 Å². The number of fused-ring (bicyclic) bond motifs is 1. The molecule has 0 atom stereocenters. The van der Waals surface area contributed by atoms with Gasteiger partial charge in [0.25, 0.3) is 0 Å². The number of ketones is 1. The van der Waals surface area contributed by atoms with Gasteiger partial charge in [-0.3, -0.25) is 4.79 Å². The van der Waals surface area contributed by atoms with Crippen molar-refractivity contribution in [1.82, 2.24) is 9.78 Å². The van der Waals surface area contributed by atoms with Crippen LogP contribution in [0.3, 0.4) is 0 Å². The fourth-order valence-corrected chi connectivity index (χ4v) is 4.21. The van der Waals surface area contributed by atoms with Crippen LogP contribution in [0.2, 0.25) is 5.02 Å². The lowest BCUT2D eigenvalue weighted by molar-refractivity contribution is 0.0912. The highest BCUT2D eigenvalue weighted by molar-refractivity contribution is 6.30. The highest BCUT2D eigenvalue weighted by Crippen LogP contribution is 2.40. The highest BCUT2D eigenvalue weighted by atomic mass is 35.5. The van der Waals surface area contributed by atoms with E-state index in [4.69, 9.17) is 16.7 Å². The van der Waals surface area contributed by atoms with E-state index in [0.717, 1.165) is 34.6 Å². The molecule has 1 aliphatic carbocycles. The van der Waals surface area contributed by atoms with Crippen LogP contribution in [-0.2, 0) is 11.8 Å². The summed E-state index contributed by atoms with van der Waals surface area (Å²) in [6.07, 6.45) is 1.33. The molecule has 29 heavy (non-hydrogen) atoms. The predicted octanol–water partition coefficient (Wildman–Crippen LogP) is 6.65. The molecule has 4 heteroatoms. The number of halogens is 1. The van der Waals surface area contributed by atoms with E-state index in [1.807, 2.05) is 28.9 Å². The van der Waals surface area contributed by atoms with E-state index in [0.29, 0.717) is 11.4 Å². The van der Waals surface area contributed by atoms with E-state index in [1.165, 1.54) is 5.56 Å². The first-order chi connectivity index (χ1) is 13.5. The Hall–Kier alpha value is -2.39. The smallest absolute Gasteiger partial charge is 0.167 e. The zero-order valence-electron chi connectivity index (χ0n) is 17.7. The Labute approximate surface area is 177 Å². The van der Waals surface area contributed by atoms with Crippen LogP contribution in [0, 0.1) is 5.41 Å². The maximum absolute atomic E-state index is 13.1. The van der Waals surface area contributed by atoms with Crippen molar-refractivity contribution in [3.05, 3.63) is 70.4 Å². The van der Waals surface area contributed by atoms with Crippen molar-refractivity contribution in [1.29, 1.82) is 0 Å². The molecule has 0 unspecified atom stereocenters. The highest BCUT2D eigenvalue weighted by Gasteiger charge is 2.36. The fourth-order valence-electron chi connectivity index (χ4n) is 4.08. The first-order valence-corrected chi connectivity index (χ1v) is 10.4. The molecular weight excluding hydrogens is 380 g/mol. The monoisotopic (exact) mass is 406 g/mol. The van der Waals surface area contributed by atoms with Crippen LogP contribution in [-0.4, -0.2) is 15.6 Å². The van der Waals surface area contributed by atoms with Crippen molar-refractivity contribution in [2.24, 2.45) is 5.41 Å². The van der Waals surface area contributed by atoms with E-state index in [1.54, 1.807) is 0 Å². The summed E-state index contributed by atoms with van der Waals surface area (Å²) in [7, 11) is 0. The zero-order valence-corrected chi connectivity index (χ0v) is 18.5. The maximum Gasteiger partial charge on any atom is 0.167 e. The third-order valence-electron chi connectivity index (χ3n) is 5.62. The number of hydrogen-bond donors (Lipinski definition) is 0. The van der Waals surface area contributed by atoms with Crippen LogP contribution in [0.5, 0.6) is 0 Å². The molecule has 0 radical (unpaired) electrons. The van der Waals surface area contributed by atoms with Crippen molar-refractivity contribution in [3.8, 4) is 16.9 Å². The van der Waals surface area contributed by atoms with Gasteiger partial charge in [-0.25, -0.2) is 4.68 Å².